The fourth-order valence-corrected chi connectivity index (χ4v) is 4.81. The number of carboxylic acid groups (broad SMARTS) is 1. The van der Waals surface area contributed by atoms with Gasteiger partial charge >= 0.3 is 11.9 Å². The number of unbranched alkanes of at least 4 members (excludes halogenated alkanes) is 12. The van der Waals surface area contributed by atoms with Crippen LogP contribution in [0, 0.1) is 0 Å². The Morgan fingerprint density at radius 1 is 0.600 bits per heavy atom. The lowest BCUT2D eigenvalue weighted by Crippen LogP contribution is -2.28. The van der Waals surface area contributed by atoms with E-state index in [0.717, 1.165) is 44.9 Å². The molecule has 1 amide bonds. The molecule has 6 heteroatoms. The minimum Gasteiger partial charge on any atom is -0.480 e. The lowest BCUT2D eigenvalue weighted by atomic mass is 10.0. The maximum absolute atomic E-state index is 12.6. The van der Waals surface area contributed by atoms with E-state index in [2.05, 4.69) is 67.8 Å². The van der Waals surface area contributed by atoms with Gasteiger partial charge in [0, 0.05) is 12.8 Å². The van der Waals surface area contributed by atoms with Gasteiger partial charge in [-0.2, -0.15) is 0 Å². The Labute approximate surface area is 275 Å². The number of carboxylic acids is 1. The summed E-state index contributed by atoms with van der Waals surface area (Å²) in [6.07, 6.45) is 43.4. The van der Waals surface area contributed by atoms with Crippen LogP contribution in [0.4, 0.5) is 0 Å². The Morgan fingerprint density at radius 2 is 1.07 bits per heavy atom. The molecular formula is C39H65NO5. The molecule has 0 aliphatic carbocycles. The Hall–Kier alpha value is -2.89. The number of hydrogen-bond donors (Lipinski definition) is 2. The molecule has 2 N–H and O–H groups in total. The second-order valence-electron chi connectivity index (χ2n) is 11.7. The van der Waals surface area contributed by atoms with E-state index in [1.807, 2.05) is 12.2 Å². The maximum atomic E-state index is 12.6. The number of rotatable bonds is 31. The van der Waals surface area contributed by atoms with E-state index in [1.165, 1.54) is 64.2 Å². The predicted molar refractivity (Wildman–Crippen MR) is 189 cm³/mol. The van der Waals surface area contributed by atoms with Crippen molar-refractivity contribution in [3.8, 4) is 0 Å². The van der Waals surface area contributed by atoms with Crippen molar-refractivity contribution in [1.29, 1.82) is 0 Å². The zero-order valence-corrected chi connectivity index (χ0v) is 28.7. The van der Waals surface area contributed by atoms with Crippen LogP contribution >= 0.6 is 0 Å². The van der Waals surface area contributed by atoms with Crippen molar-refractivity contribution in [3.05, 3.63) is 60.8 Å². The molecule has 0 aliphatic heterocycles. The molecule has 0 rings (SSSR count). The lowest BCUT2D eigenvalue weighted by molar-refractivity contribution is -0.147. The second-order valence-corrected chi connectivity index (χ2v) is 11.7. The summed E-state index contributed by atoms with van der Waals surface area (Å²) in [4.78, 5) is 35.0. The van der Waals surface area contributed by atoms with Crippen molar-refractivity contribution < 1.29 is 24.2 Å². The predicted octanol–water partition coefficient (Wildman–Crippen LogP) is 10.5. The molecule has 1 unspecified atom stereocenters. The van der Waals surface area contributed by atoms with E-state index in [9.17, 15) is 14.4 Å². The normalized spacial score (nSPS) is 12.8. The van der Waals surface area contributed by atoms with E-state index >= 15 is 0 Å². The Kier molecular flexibility index (Phi) is 31.8. The van der Waals surface area contributed by atoms with Crippen LogP contribution in [0.25, 0.3) is 0 Å². The van der Waals surface area contributed by atoms with Gasteiger partial charge in [0.1, 0.15) is 12.6 Å². The average molecular weight is 628 g/mol. The summed E-state index contributed by atoms with van der Waals surface area (Å²) in [5.41, 5.74) is 0. The van der Waals surface area contributed by atoms with Gasteiger partial charge in [0.05, 0.1) is 0 Å². The van der Waals surface area contributed by atoms with Crippen LogP contribution in [0.5, 0.6) is 0 Å². The largest absolute Gasteiger partial charge is 0.480 e. The maximum Gasteiger partial charge on any atom is 0.322 e. The van der Waals surface area contributed by atoms with Gasteiger partial charge in [-0.15, -0.1) is 0 Å². The van der Waals surface area contributed by atoms with Gasteiger partial charge in [0.15, 0.2) is 0 Å². The molecule has 0 saturated heterocycles. The van der Waals surface area contributed by atoms with Crippen molar-refractivity contribution in [2.45, 2.75) is 161 Å². The molecule has 256 valence electrons. The number of aliphatic carboxylic acids is 1. The summed E-state index contributed by atoms with van der Waals surface area (Å²) in [5, 5.41) is 11.1. The van der Waals surface area contributed by atoms with E-state index in [1.54, 1.807) is 0 Å². The number of amides is 1. The molecule has 0 radical (unpaired) electrons. The molecule has 0 fully saturated rings. The van der Waals surface area contributed by atoms with Gasteiger partial charge in [-0.05, 0) is 63.9 Å². The third-order valence-electron chi connectivity index (χ3n) is 7.44. The molecule has 0 aromatic heterocycles. The number of nitrogens with one attached hydrogen (secondary N) is 1. The van der Waals surface area contributed by atoms with Crippen molar-refractivity contribution in [2.75, 3.05) is 6.54 Å². The van der Waals surface area contributed by atoms with Gasteiger partial charge in [-0.3, -0.25) is 14.4 Å². The fourth-order valence-electron chi connectivity index (χ4n) is 4.81. The number of ether oxygens (including phenoxy) is 1. The zero-order valence-electron chi connectivity index (χ0n) is 28.7. The topological polar surface area (TPSA) is 92.7 Å². The molecule has 0 spiro atoms. The van der Waals surface area contributed by atoms with Crippen LogP contribution in [0.2, 0.25) is 0 Å². The molecule has 45 heavy (non-hydrogen) atoms. The molecule has 0 aromatic carbocycles. The molecule has 0 bridgehead atoms. The van der Waals surface area contributed by atoms with Crippen molar-refractivity contribution in [1.82, 2.24) is 5.32 Å². The van der Waals surface area contributed by atoms with Crippen LogP contribution in [0.1, 0.15) is 155 Å². The fraction of sp³-hybridized carbons (Fsp3) is 0.667. The quantitative estimate of drug-likeness (QED) is 0.0453. The number of carbonyl (C=O) groups is 3. The highest BCUT2D eigenvalue weighted by atomic mass is 16.5. The smallest absolute Gasteiger partial charge is 0.322 e. The number of hydrogen-bond acceptors (Lipinski definition) is 4. The Bertz CT molecular complexity index is 871. The first-order valence-electron chi connectivity index (χ1n) is 17.9. The van der Waals surface area contributed by atoms with Crippen LogP contribution < -0.4 is 5.32 Å². The van der Waals surface area contributed by atoms with Crippen LogP contribution in [-0.4, -0.2) is 35.6 Å². The van der Waals surface area contributed by atoms with E-state index < -0.39 is 5.97 Å². The van der Waals surface area contributed by atoms with Crippen LogP contribution in [0.15, 0.2) is 60.8 Å². The first kappa shape index (κ1) is 42.1. The lowest BCUT2D eigenvalue weighted by Gasteiger charge is -2.14. The highest BCUT2D eigenvalue weighted by Gasteiger charge is 2.12. The van der Waals surface area contributed by atoms with Gasteiger partial charge in [-0.1, -0.05) is 139 Å². The van der Waals surface area contributed by atoms with E-state index in [-0.39, 0.29) is 30.9 Å². The summed E-state index contributed by atoms with van der Waals surface area (Å²) in [5.74, 6) is -1.48. The number of esters is 1. The van der Waals surface area contributed by atoms with Gasteiger partial charge in [-0.25, -0.2) is 0 Å². The minimum atomic E-state index is -1.05. The molecular weight excluding hydrogens is 562 g/mol. The van der Waals surface area contributed by atoms with Gasteiger partial charge < -0.3 is 15.2 Å². The van der Waals surface area contributed by atoms with Crippen molar-refractivity contribution in [3.63, 3.8) is 0 Å². The molecule has 1 atom stereocenters. The van der Waals surface area contributed by atoms with Crippen molar-refractivity contribution >= 4 is 17.8 Å². The highest BCUT2D eigenvalue weighted by Crippen LogP contribution is 2.14. The van der Waals surface area contributed by atoms with Crippen LogP contribution in [0.3, 0.4) is 0 Å². The average Bonchev–Trinajstić information content (AvgIpc) is 3.02. The first-order chi connectivity index (χ1) is 22.0. The van der Waals surface area contributed by atoms with E-state index in [4.69, 9.17) is 9.84 Å². The third kappa shape index (κ3) is 33.8. The monoisotopic (exact) mass is 627 g/mol. The molecule has 0 aliphatic rings. The summed E-state index contributed by atoms with van der Waals surface area (Å²) < 4.78 is 5.80. The number of carbonyl (C=O) groups excluding carboxylic acids is 2. The summed E-state index contributed by atoms with van der Waals surface area (Å²) >= 11 is 0. The molecule has 0 heterocycles. The highest BCUT2D eigenvalue weighted by molar-refractivity contribution is 5.80. The third-order valence-corrected chi connectivity index (χ3v) is 7.44. The summed E-state index contributed by atoms with van der Waals surface area (Å²) in [6.45, 7) is 4.03. The van der Waals surface area contributed by atoms with E-state index in [0.29, 0.717) is 25.7 Å². The first-order valence-corrected chi connectivity index (χ1v) is 17.9. The zero-order chi connectivity index (χ0) is 33.1. The molecule has 6 nitrogen and oxygen atoms in total. The SMILES string of the molecule is CC/C=C\C/C=C\C/C=C\C/C=C\C/C=C\C(CCCCC(=O)NCC(=O)O)OC(=O)CCCCCCCCCCCCCC. The molecule has 0 saturated carbocycles. The second kappa shape index (κ2) is 34.0. The van der Waals surface area contributed by atoms with Crippen molar-refractivity contribution in [2.24, 2.45) is 0 Å². The van der Waals surface area contributed by atoms with Gasteiger partial charge in [0.25, 0.3) is 0 Å². The standard InChI is InChI=1S/C39H65NO5/c1-3-5-7-9-11-13-15-17-18-19-21-23-25-27-31-36(32-29-30-33-37(41)40-35-38(42)43)45-39(44)34-28-26-24-22-20-16-14-12-10-8-6-4-2/h5,7,11,13,17-18,21,23,27,31,36H,3-4,6,8-10,12,14-16,19-20,22,24-26,28-30,32-35H2,1-2H3,(H,40,41)(H,42,43)/b7-5-,13-11-,18-17-,23-21-,31-27-. The van der Waals surface area contributed by atoms with Gasteiger partial charge in [0.2, 0.25) is 5.91 Å². The summed E-state index contributed by atoms with van der Waals surface area (Å²) in [7, 11) is 0. The minimum absolute atomic E-state index is 0.160. The number of allylic oxidation sites excluding steroid dienone is 9. The molecule has 0 aromatic rings. The summed E-state index contributed by atoms with van der Waals surface area (Å²) in [6, 6.07) is 0. The Balaban J connectivity index is 4.39. The van der Waals surface area contributed by atoms with Crippen LogP contribution in [-0.2, 0) is 19.1 Å². The Morgan fingerprint density at radius 3 is 1.58 bits per heavy atom.